The van der Waals surface area contributed by atoms with E-state index in [9.17, 15) is 4.79 Å². The third-order valence-electron chi connectivity index (χ3n) is 4.61. The fourth-order valence-electron chi connectivity index (χ4n) is 3.00. The molecule has 1 amide bonds. The summed E-state index contributed by atoms with van der Waals surface area (Å²) < 4.78 is 5.35. The van der Waals surface area contributed by atoms with Crippen LogP contribution in [0.2, 0.25) is 0 Å². The zero-order chi connectivity index (χ0) is 18.9. The second kappa shape index (κ2) is 9.99. The van der Waals surface area contributed by atoms with Crippen molar-refractivity contribution in [3.63, 3.8) is 0 Å². The number of hydrogen-bond acceptors (Lipinski definition) is 6. The van der Waals surface area contributed by atoms with E-state index in [1.807, 2.05) is 43.3 Å². The van der Waals surface area contributed by atoms with Crippen LogP contribution in [-0.2, 0) is 11.3 Å². The van der Waals surface area contributed by atoms with Gasteiger partial charge in [0.2, 0.25) is 0 Å². The molecule has 0 unspecified atom stereocenters. The fraction of sp³-hybridized carbons (Fsp3) is 0.450. The Morgan fingerprint density at radius 3 is 2.59 bits per heavy atom. The molecule has 2 aromatic rings. The highest BCUT2D eigenvalue weighted by atomic mass is 16.5. The van der Waals surface area contributed by atoms with Crippen molar-refractivity contribution in [1.29, 1.82) is 0 Å². The van der Waals surface area contributed by atoms with Crippen molar-refractivity contribution in [2.24, 2.45) is 0 Å². The van der Waals surface area contributed by atoms with Crippen LogP contribution in [0.25, 0.3) is 0 Å². The summed E-state index contributed by atoms with van der Waals surface area (Å²) in [5.74, 6) is 0.583. The number of amides is 1. The van der Waals surface area contributed by atoms with Gasteiger partial charge in [0.1, 0.15) is 5.82 Å². The first-order chi connectivity index (χ1) is 13.3. The van der Waals surface area contributed by atoms with Gasteiger partial charge in [-0.05, 0) is 24.6 Å². The summed E-state index contributed by atoms with van der Waals surface area (Å²) in [6.45, 7) is 8.41. The van der Waals surface area contributed by atoms with Crippen molar-refractivity contribution >= 4 is 11.7 Å². The van der Waals surface area contributed by atoms with E-state index >= 15 is 0 Å². The van der Waals surface area contributed by atoms with Crippen LogP contribution < -0.4 is 5.32 Å². The quantitative estimate of drug-likeness (QED) is 0.766. The lowest BCUT2D eigenvalue weighted by Gasteiger charge is -2.26. The molecule has 0 bridgehead atoms. The first kappa shape index (κ1) is 19.3. The molecule has 3 rings (SSSR count). The molecule has 0 spiro atoms. The van der Waals surface area contributed by atoms with E-state index in [0.717, 1.165) is 45.0 Å². The molecule has 0 aliphatic carbocycles. The fourth-order valence-corrected chi connectivity index (χ4v) is 3.00. The number of nitrogens with zero attached hydrogens (tertiary/aromatic N) is 4. The molecule has 0 atom stereocenters. The number of benzene rings is 1. The molecule has 1 aromatic heterocycles. The predicted octanol–water partition coefficient (Wildman–Crippen LogP) is 1.88. The average Bonchev–Trinajstić information content (AvgIpc) is 2.73. The Labute approximate surface area is 160 Å². The van der Waals surface area contributed by atoms with Crippen molar-refractivity contribution in [3.05, 3.63) is 53.7 Å². The van der Waals surface area contributed by atoms with Gasteiger partial charge in [0.25, 0.3) is 5.91 Å². The van der Waals surface area contributed by atoms with Gasteiger partial charge in [0.05, 0.1) is 13.2 Å². The minimum absolute atomic E-state index is 0.103. The number of carbonyl (C=O) groups is 1. The number of rotatable bonds is 8. The number of anilines is 1. The Morgan fingerprint density at radius 2 is 1.93 bits per heavy atom. The van der Waals surface area contributed by atoms with Crippen molar-refractivity contribution in [2.75, 3.05) is 51.3 Å². The van der Waals surface area contributed by atoms with E-state index < -0.39 is 0 Å². The topological polar surface area (TPSA) is 70.6 Å². The molecule has 2 heterocycles. The van der Waals surface area contributed by atoms with E-state index in [0.29, 0.717) is 24.6 Å². The van der Waals surface area contributed by atoms with Gasteiger partial charge in [-0.3, -0.25) is 9.69 Å². The predicted molar refractivity (Wildman–Crippen MR) is 105 cm³/mol. The number of hydrogen-bond donors (Lipinski definition) is 1. The lowest BCUT2D eigenvalue weighted by atomic mass is 10.2. The minimum atomic E-state index is -0.103. The summed E-state index contributed by atoms with van der Waals surface area (Å²) in [6.07, 6.45) is 0. The number of morpholine rings is 1. The normalized spacial score (nSPS) is 14.7. The van der Waals surface area contributed by atoms with Crippen LogP contribution >= 0.6 is 0 Å². The maximum absolute atomic E-state index is 12.7. The molecule has 1 aliphatic heterocycles. The highest BCUT2D eigenvalue weighted by molar-refractivity contribution is 5.92. The van der Waals surface area contributed by atoms with E-state index in [4.69, 9.17) is 4.74 Å². The van der Waals surface area contributed by atoms with Crippen LogP contribution in [0, 0.1) is 0 Å². The molecule has 144 valence electrons. The largest absolute Gasteiger partial charge is 0.379 e. The van der Waals surface area contributed by atoms with Gasteiger partial charge in [-0.15, -0.1) is 10.2 Å². The van der Waals surface area contributed by atoms with Gasteiger partial charge < -0.3 is 15.0 Å². The maximum atomic E-state index is 12.7. The summed E-state index contributed by atoms with van der Waals surface area (Å²) in [6, 6.07) is 13.5. The molecule has 27 heavy (non-hydrogen) atoms. The van der Waals surface area contributed by atoms with Crippen LogP contribution in [0.3, 0.4) is 0 Å². The molecule has 1 saturated heterocycles. The summed E-state index contributed by atoms with van der Waals surface area (Å²) in [5, 5.41) is 11.5. The Bertz CT molecular complexity index is 702. The third-order valence-corrected chi connectivity index (χ3v) is 4.61. The Balaban J connectivity index is 1.51. The standard InChI is InChI=1S/C20H27N5O2/c1-2-25(16-17-6-4-3-5-7-17)20(26)18-8-9-19(23-22-18)21-10-11-24-12-14-27-15-13-24/h3-9H,2,10-16H2,1H3,(H,21,23). The van der Waals surface area contributed by atoms with Gasteiger partial charge in [-0.25, -0.2) is 0 Å². The monoisotopic (exact) mass is 369 g/mol. The number of aromatic nitrogens is 2. The molecule has 1 fully saturated rings. The molecule has 7 heteroatoms. The van der Waals surface area contributed by atoms with Crippen molar-refractivity contribution < 1.29 is 9.53 Å². The van der Waals surface area contributed by atoms with Crippen LogP contribution in [0.4, 0.5) is 5.82 Å². The summed E-state index contributed by atoms with van der Waals surface area (Å²) in [4.78, 5) is 16.8. The Hall–Kier alpha value is -2.51. The number of ether oxygens (including phenoxy) is 1. The van der Waals surface area contributed by atoms with Crippen molar-refractivity contribution in [3.8, 4) is 0 Å². The zero-order valence-corrected chi connectivity index (χ0v) is 15.8. The van der Waals surface area contributed by atoms with E-state index in [1.54, 1.807) is 11.0 Å². The summed E-state index contributed by atoms with van der Waals surface area (Å²) in [7, 11) is 0. The van der Waals surface area contributed by atoms with Crippen LogP contribution in [0.15, 0.2) is 42.5 Å². The first-order valence-electron chi connectivity index (χ1n) is 9.47. The van der Waals surface area contributed by atoms with Crippen molar-refractivity contribution in [2.45, 2.75) is 13.5 Å². The highest BCUT2D eigenvalue weighted by Gasteiger charge is 2.16. The van der Waals surface area contributed by atoms with E-state index in [1.165, 1.54) is 0 Å². The van der Waals surface area contributed by atoms with Gasteiger partial charge in [-0.2, -0.15) is 0 Å². The van der Waals surface area contributed by atoms with Gasteiger partial charge in [-0.1, -0.05) is 30.3 Å². The van der Waals surface area contributed by atoms with Crippen molar-refractivity contribution in [1.82, 2.24) is 20.0 Å². The molecule has 0 saturated carbocycles. The average molecular weight is 369 g/mol. The van der Waals surface area contributed by atoms with Crippen LogP contribution in [0.1, 0.15) is 23.0 Å². The second-order valence-electron chi connectivity index (χ2n) is 6.49. The van der Waals surface area contributed by atoms with Crippen LogP contribution in [0.5, 0.6) is 0 Å². The Kier molecular flexibility index (Phi) is 7.12. The first-order valence-corrected chi connectivity index (χ1v) is 9.47. The lowest BCUT2D eigenvalue weighted by Crippen LogP contribution is -2.39. The van der Waals surface area contributed by atoms with E-state index in [2.05, 4.69) is 20.4 Å². The van der Waals surface area contributed by atoms with Gasteiger partial charge in [0.15, 0.2) is 5.69 Å². The zero-order valence-electron chi connectivity index (χ0n) is 15.8. The van der Waals surface area contributed by atoms with E-state index in [-0.39, 0.29) is 5.91 Å². The second-order valence-corrected chi connectivity index (χ2v) is 6.49. The molecule has 1 aromatic carbocycles. The lowest BCUT2D eigenvalue weighted by molar-refractivity contribution is 0.0398. The summed E-state index contributed by atoms with van der Waals surface area (Å²) in [5.41, 5.74) is 1.47. The maximum Gasteiger partial charge on any atom is 0.274 e. The molecular formula is C20H27N5O2. The number of nitrogens with one attached hydrogen (secondary N) is 1. The minimum Gasteiger partial charge on any atom is -0.379 e. The number of carbonyl (C=O) groups excluding carboxylic acids is 1. The Morgan fingerprint density at radius 1 is 1.15 bits per heavy atom. The molecule has 1 aliphatic rings. The molecule has 1 N–H and O–H groups in total. The van der Waals surface area contributed by atoms with Crippen LogP contribution in [-0.4, -0.2) is 71.8 Å². The molecule has 7 nitrogen and oxygen atoms in total. The third kappa shape index (κ3) is 5.74. The summed E-state index contributed by atoms with van der Waals surface area (Å²) >= 11 is 0. The SMILES string of the molecule is CCN(Cc1ccccc1)C(=O)c1ccc(NCCN2CCOCC2)nn1. The molecule has 0 radical (unpaired) electrons. The van der Waals surface area contributed by atoms with Gasteiger partial charge in [0, 0.05) is 39.3 Å². The highest BCUT2D eigenvalue weighted by Crippen LogP contribution is 2.09. The van der Waals surface area contributed by atoms with Gasteiger partial charge >= 0.3 is 0 Å². The smallest absolute Gasteiger partial charge is 0.274 e. The molecular weight excluding hydrogens is 342 g/mol.